The fourth-order valence-corrected chi connectivity index (χ4v) is 0. The molecule has 5 heteroatoms. The van der Waals surface area contributed by atoms with Crippen molar-refractivity contribution in [2.24, 2.45) is 0 Å². The second kappa shape index (κ2) is 189. The summed E-state index contributed by atoms with van der Waals surface area (Å²) in [5, 5.41) is 0. The first kappa shape index (κ1) is 84.9. The molecule has 0 spiro atoms. The standard InChI is InChI=1S/C4H8O.3C3H6O.C2H4O.6C2H6.2CH4/c1-3-4(2)5;3*1-3(2)4;1-2-3;6*1-2;;/h3H2,1-2H3;3*1-2H3;2H,1H3;6*1-2H3;2*1H4. The van der Waals surface area contributed by atoms with Gasteiger partial charge in [0.15, 0.2) is 0 Å². The van der Waals surface area contributed by atoms with Crippen molar-refractivity contribution in [3.63, 3.8) is 0 Å². The molecule has 0 rings (SSSR count). The topological polar surface area (TPSA) is 85.3 Å². The summed E-state index contributed by atoms with van der Waals surface area (Å²) in [6.07, 6.45) is 1.42. The summed E-state index contributed by atoms with van der Waals surface area (Å²) >= 11 is 0. The van der Waals surface area contributed by atoms with E-state index in [1.807, 2.05) is 90.0 Å². The van der Waals surface area contributed by atoms with E-state index in [2.05, 4.69) is 0 Å². The molecule has 5 nitrogen and oxygen atoms in total. The van der Waals surface area contributed by atoms with E-state index in [-0.39, 0.29) is 38.0 Å². The molecular weight excluding hydrogens is 428 g/mol. The van der Waals surface area contributed by atoms with Crippen LogP contribution in [0.5, 0.6) is 0 Å². The molecule has 0 N–H and O–H groups in total. The van der Waals surface area contributed by atoms with Crippen molar-refractivity contribution in [1.29, 1.82) is 0 Å². The molecular formula is C29H74O5. The minimum atomic E-state index is 0. The van der Waals surface area contributed by atoms with Crippen molar-refractivity contribution in [2.45, 2.75) is 167 Å². The largest absolute Gasteiger partial charge is 0.304 e. The SMILES string of the molecule is C.C.CC.CC.CC.CC.CC.CC.CC(C)=O.CC(C)=O.CC(C)=O.CC=O.CCC(C)=O. The van der Waals surface area contributed by atoms with Crippen LogP contribution in [0.15, 0.2) is 0 Å². The third-order valence-corrected chi connectivity index (χ3v) is 0.498. The van der Waals surface area contributed by atoms with Crippen LogP contribution >= 0.6 is 0 Å². The minimum Gasteiger partial charge on any atom is -0.304 e. The van der Waals surface area contributed by atoms with Crippen LogP contribution in [0.2, 0.25) is 0 Å². The highest BCUT2D eigenvalue weighted by molar-refractivity contribution is 5.75. The Labute approximate surface area is 220 Å². The summed E-state index contributed by atoms with van der Waals surface area (Å²) in [5.74, 6) is 0.755. The summed E-state index contributed by atoms with van der Waals surface area (Å²) in [4.78, 5) is 47.0. The van der Waals surface area contributed by atoms with Gasteiger partial charge in [-0.25, -0.2) is 0 Å². The number of carbonyl (C=O) groups excluding carboxylic acids is 5. The molecule has 0 amide bonds. The van der Waals surface area contributed by atoms with Crippen molar-refractivity contribution >= 4 is 29.4 Å². The molecule has 0 saturated carbocycles. The van der Waals surface area contributed by atoms with E-state index in [1.165, 1.54) is 48.5 Å². The zero-order valence-corrected chi connectivity index (χ0v) is 26.3. The third-order valence-electron chi connectivity index (χ3n) is 0.498. The Kier molecular flexibility index (Phi) is 473. The second-order valence-electron chi connectivity index (χ2n) is 4.02. The van der Waals surface area contributed by atoms with Crippen LogP contribution in [0, 0.1) is 0 Å². The molecule has 0 aliphatic rings. The van der Waals surface area contributed by atoms with Gasteiger partial charge in [0.25, 0.3) is 0 Å². The van der Waals surface area contributed by atoms with Gasteiger partial charge in [0.05, 0.1) is 0 Å². The van der Waals surface area contributed by atoms with E-state index in [0.29, 0.717) is 6.42 Å². The van der Waals surface area contributed by atoms with Crippen LogP contribution in [0.4, 0.5) is 0 Å². The Morgan fingerprint density at radius 2 is 0.500 bits per heavy atom. The van der Waals surface area contributed by atoms with Gasteiger partial charge in [-0.3, -0.25) is 0 Å². The van der Waals surface area contributed by atoms with Crippen LogP contribution in [0.1, 0.15) is 167 Å². The molecule has 220 valence electrons. The zero-order chi connectivity index (χ0) is 29.7. The molecule has 0 aromatic rings. The third kappa shape index (κ3) is 213000. The van der Waals surface area contributed by atoms with E-state index in [9.17, 15) is 19.2 Å². The molecule has 0 radical (unpaired) electrons. The van der Waals surface area contributed by atoms with Crippen molar-refractivity contribution < 1.29 is 24.0 Å². The lowest BCUT2D eigenvalue weighted by atomic mass is 10.4. The van der Waals surface area contributed by atoms with Gasteiger partial charge < -0.3 is 24.0 Å². The summed E-state index contributed by atoms with van der Waals surface area (Å²) < 4.78 is 0. The average Bonchev–Trinajstić information content (AvgIpc) is 2.76. The summed E-state index contributed by atoms with van der Waals surface area (Å²) in [5.41, 5.74) is 0. The smallest absolute Gasteiger partial charge is 0.129 e. The molecule has 0 unspecified atom stereocenters. The van der Waals surface area contributed by atoms with Gasteiger partial charge in [-0.1, -0.05) is 105 Å². The van der Waals surface area contributed by atoms with E-state index in [4.69, 9.17) is 4.79 Å². The zero-order valence-electron chi connectivity index (χ0n) is 26.3. The van der Waals surface area contributed by atoms with Gasteiger partial charge in [0, 0.05) is 6.42 Å². The number of rotatable bonds is 1. The van der Waals surface area contributed by atoms with E-state index >= 15 is 0 Å². The van der Waals surface area contributed by atoms with Crippen LogP contribution < -0.4 is 0 Å². The van der Waals surface area contributed by atoms with Crippen molar-refractivity contribution in [1.82, 2.24) is 0 Å². The lowest BCUT2D eigenvalue weighted by molar-refractivity contribution is -0.117. The van der Waals surface area contributed by atoms with Crippen LogP contribution in [-0.2, 0) is 24.0 Å². The number of carbonyl (C=O) groups is 5. The fraction of sp³-hybridized carbons (Fsp3) is 0.828. The average molecular weight is 503 g/mol. The van der Waals surface area contributed by atoms with Crippen LogP contribution in [0.25, 0.3) is 0 Å². The minimum absolute atomic E-state index is 0. The Hall–Kier alpha value is -1.65. The maximum Gasteiger partial charge on any atom is 0.129 e. The highest BCUT2D eigenvalue weighted by Crippen LogP contribution is 1.71. The van der Waals surface area contributed by atoms with E-state index in [1.54, 1.807) is 6.92 Å². The van der Waals surface area contributed by atoms with Crippen molar-refractivity contribution in [2.75, 3.05) is 0 Å². The molecule has 0 aliphatic carbocycles. The number of ketones is 4. The van der Waals surface area contributed by atoms with Crippen molar-refractivity contribution in [3.8, 4) is 0 Å². The molecule has 0 saturated heterocycles. The van der Waals surface area contributed by atoms with Gasteiger partial charge >= 0.3 is 0 Å². The molecule has 0 aliphatic heterocycles. The first-order chi connectivity index (χ1) is 14.9. The first-order valence-electron chi connectivity index (χ1n) is 12.2. The maximum absolute atomic E-state index is 9.81. The Morgan fingerprint density at radius 3 is 0.500 bits per heavy atom. The van der Waals surface area contributed by atoms with Gasteiger partial charge in [-0.15, -0.1) is 0 Å². The molecule has 0 aromatic heterocycles. The van der Waals surface area contributed by atoms with Gasteiger partial charge in [0.2, 0.25) is 0 Å². The first-order valence-corrected chi connectivity index (χ1v) is 12.2. The Bertz CT molecular complexity index is 231. The van der Waals surface area contributed by atoms with E-state index < -0.39 is 0 Å². The molecule has 34 heavy (non-hydrogen) atoms. The lowest BCUT2D eigenvalue weighted by Crippen LogP contribution is -1.80. The molecule has 0 aromatic carbocycles. The summed E-state index contributed by atoms with van der Waals surface area (Å²) in [6.45, 7) is 38.0. The molecule has 0 heterocycles. The maximum atomic E-state index is 9.81. The molecule has 0 fully saturated rings. The van der Waals surface area contributed by atoms with Crippen molar-refractivity contribution in [3.05, 3.63) is 0 Å². The molecule has 0 atom stereocenters. The van der Waals surface area contributed by atoms with Gasteiger partial charge in [-0.05, 0) is 55.4 Å². The van der Waals surface area contributed by atoms with E-state index in [0.717, 1.165) is 6.29 Å². The normalized spacial score (nSPS) is 4.85. The van der Waals surface area contributed by atoms with Crippen LogP contribution in [0.3, 0.4) is 0 Å². The second-order valence-corrected chi connectivity index (χ2v) is 4.02. The number of aldehydes is 1. The van der Waals surface area contributed by atoms with Gasteiger partial charge in [0.1, 0.15) is 29.4 Å². The highest BCUT2D eigenvalue weighted by atomic mass is 16.1. The fourth-order valence-electron chi connectivity index (χ4n) is 0. The quantitative estimate of drug-likeness (QED) is 0.333. The molecule has 0 bridgehead atoms. The Balaban J connectivity index is -0.0000000132. The lowest BCUT2D eigenvalue weighted by Gasteiger charge is -1.71. The number of Topliss-reactive ketones (excluding diaryl/α,β-unsaturated/α-hetero) is 4. The van der Waals surface area contributed by atoms with Crippen LogP contribution in [-0.4, -0.2) is 29.4 Å². The highest BCUT2D eigenvalue weighted by Gasteiger charge is 1.76. The predicted octanol–water partition coefficient (Wildman–Crippen LogP) is 10.4. The predicted molar refractivity (Wildman–Crippen MR) is 163 cm³/mol. The number of hydrogen-bond donors (Lipinski definition) is 0. The Morgan fingerprint density at radius 1 is 0.471 bits per heavy atom. The monoisotopic (exact) mass is 503 g/mol. The summed E-state index contributed by atoms with van der Waals surface area (Å²) in [6, 6.07) is 0. The van der Waals surface area contributed by atoms with Gasteiger partial charge in [-0.2, -0.15) is 0 Å². The summed E-state index contributed by atoms with van der Waals surface area (Å²) in [7, 11) is 0. The number of hydrogen-bond acceptors (Lipinski definition) is 5.